The first-order valence-corrected chi connectivity index (χ1v) is 5.48. The van der Waals surface area contributed by atoms with E-state index in [-0.39, 0.29) is 11.9 Å². The summed E-state index contributed by atoms with van der Waals surface area (Å²) < 4.78 is 5.30. The van der Waals surface area contributed by atoms with Gasteiger partial charge in [-0.15, -0.1) is 0 Å². The highest BCUT2D eigenvalue weighted by Gasteiger charge is 2.67. The summed E-state index contributed by atoms with van der Waals surface area (Å²) in [5.74, 6) is -1.08. The first kappa shape index (κ1) is 11.4. The highest BCUT2D eigenvalue weighted by molar-refractivity contribution is 5.88. The van der Waals surface area contributed by atoms with Crippen molar-refractivity contribution in [1.82, 2.24) is 5.32 Å². The minimum Gasteiger partial charge on any atom is -0.480 e. The highest BCUT2D eigenvalue weighted by atomic mass is 16.6. The van der Waals surface area contributed by atoms with Gasteiger partial charge in [-0.2, -0.15) is 0 Å². The molecule has 5 heteroatoms. The molecule has 1 saturated carbocycles. The van der Waals surface area contributed by atoms with Crippen LogP contribution < -0.4 is 5.32 Å². The fourth-order valence-corrected chi connectivity index (χ4v) is 2.29. The molecule has 3 unspecified atom stereocenters. The van der Waals surface area contributed by atoms with E-state index in [0.29, 0.717) is 12.8 Å². The monoisotopic (exact) mass is 227 g/mol. The Kier molecular flexibility index (Phi) is 2.28. The molecule has 0 spiro atoms. The zero-order valence-corrected chi connectivity index (χ0v) is 9.74. The number of ether oxygens (including phenoxy) is 1. The predicted molar refractivity (Wildman–Crippen MR) is 55.9 cm³/mol. The molecule has 0 aromatic heterocycles. The van der Waals surface area contributed by atoms with Crippen LogP contribution in [-0.2, 0) is 14.3 Å². The van der Waals surface area contributed by atoms with Gasteiger partial charge in [0, 0.05) is 0 Å². The van der Waals surface area contributed by atoms with E-state index in [2.05, 4.69) is 5.32 Å². The maximum Gasteiger partial charge on any atom is 0.327 e. The Morgan fingerprint density at radius 3 is 2.50 bits per heavy atom. The van der Waals surface area contributed by atoms with Crippen molar-refractivity contribution in [3.8, 4) is 0 Å². The largest absolute Gasteiger partial charge is 0.480 e. The zero-order chi connectivity index (χ0) is 12.1. The quantitative estimate of drug-likeness (QED) is 0.673. The summed E-state index contributed by atoms with van der Waals surface area (Å²) in [4.78, 5) is 22.7. The van der Waals surface area contributed by atoms with Crippen molar-refractivity contribution in [3.63, 3.8) is 0 Å². The van der Waals surface area contributed by atoms with Gasteiger partial charge in [0.05, 0.1) is 0 Å². The molecule has 0 bridgehead atoms. The third-order valence-corrected chi connectivity index (χ3v) is 3.12. The van der Waals surface area contributed by atoms with Gasteiger partial charge in [-0.05, 0) is 39.5 Å². The molecular formula is C11H17NO4. The maximum atomic E-state index is 11.9. The standard InChI is InChI=1S/C11H17NO4/c1-10(2,3)16-9(15)11-5-6(11)4-7(12-11)8(13)14/h6-7,12H,4-5H2,1-3H3,(H,13,14). The van der Waals surface area contributed by atoms with Gasteiger partial charge in [-0.25, -0.2) is 0 Å². The number of piperidine rings is 1. The number of rotatable bonds is 2. The van der Waals surface area contributed by atoms with E-state index >= 15 is 0 Å². The Morgan fingerprint density at radius 2 is 2.06 bits per heavy atom. The lowest BCUT2D eigenvalue weighted by molar-refractivity contribution is -0.159. The normalized spacial score (nSPS) is 36.7. The van der Waals surface area contributed by atoms with E-state index in [1.165, 1.54) is 0 Å². The van der Waals surface area contributed by atoms with Gasteiger partial charge in [-0.3, -0.25) is 14.9 Å². The lowest BCUT2D eigenvalue weighted by Gasteiger charge is -2.24. The SMILES string of the molecule is CC(C)(C)OC(=O)C12CC1CC(C(=O)O)N2. The van der Waals surface area contributed by atoms with Crippen LogP contribution in [-0.4, -0.2) is 34.2 Å². The molecule has 1 heterocycles. The Labute approximate surface area is 94.2 Å². The maximum absolute atomic E-state index is 11.9. The summed E-state index contributed by atoms with van der Waals surface area (Å²) in [5.41, 5.74) is -1.24. The number of carboxylic acid groups (broad SMARTS) is 1. The molecule has 2 fully saturated rings. The topological polar surface area (TPSA) is 75.6 Å². The van der Waals surface area contributed by atoms with Crippen LogP contribution in [0.2, 0.25) is 0 Å². The molecular weight excluding hydrogens is 210 g/mol. The lowest BCUT2D eigenvalue weighted by atomic mass is 10.1. The molecule has 16 heavy (non-hydrogen) atoms. The number of esters is 1. The number of aliphatic carboxylic acids is 1. The molecule has 0 aromatic rings. The van der Waals surface area contributed by atoms with Crippen LogP contribution in [0.5, 0.6) is 0 Å². The van der Waals surface area contributed by atoms with Crippen LogP contribution in [0.4, 0.5) is 0 Å². The average Bonchev–Trinajstić information content (AvgIpc) is 2.67. The summed E-state index contributed by atoms with van der Waals surface area (Å²) in [6.07, 6.45) is 1.22. The lowest BCUT2D eigenvalue weighted by Crippen LogP contribution is -2.47. The molecule has 3 atom stereocenters. The van der Waals surface area contributed by atoms with Crippen molar-refractivity contribution in [2.75, 3.05) is 0 Å². The number of nitrogens with one attached hydrogen (secondary N) is 1. The number of carbonyl (C=O) groups is 2. The van der Waals surface area contributed by atoms with Crippen LogP contribution in [0, 0.1) is 5.92 Å². The molecule has 2 aliphatic rings. The molecule has 1 aliphatic carbocycles. The van der Waals surface area contributed by atoms with Crippen molar-refractivity contribution in [2.24, 2.45) is 5.92 Å². The van der Waals surface area contributed by atoms with E-state index in [1.807, 2.05) is 20.8 Å². The summed E-state index contributed by atoms with van der Waals surface area (Å²) in [6.45, 7) is 5.42. The third-order valence-electron chi connectivity index (χ3n) is 3.12. The van der Waals surface area contributed by atoms with Gasteiger partial charge in [0.25, 0.3) is 0 Å². The van der Waals surface area contributed by atoms with Crippen molar-refractivity contribution in [1.29, 1.82) is 0 Å². The summed E-state index contributed by atoms with van der Waals surface area (Å²) >= 11 is 0. The number of carboxylic acids is 1. The van der Waals surface area contributed by atoms with Gasteiger partial charge in [0.2, 0.25) is 0 Å². The second kappa shape index (κ2) is 3.20. The first-order chi connectivity index (χ1) is 7.24. The number of carbonyl (C=O) groups excluding carboxylic acids is 1. The van der Waals surface area contributed by atoms with E-state index in [4.69, 9.17) is 9.84 Å². The van der Waals surface area contributed by atoms with Crippen LogP contribution in [0.1, 0.15) is 33.6 Å². The third kappa shape index (κ3) is 1.80. The molecule has 2 rings (SSSR count). The Bertz CT molecular complexity index is 346. The molecule has 5 nitrogen and oxygen atoms in total. The van der Waals surface area contributed by atoms with Crippen molar-refractivity contribution in [3.05, 3.63) is 0 Å². The fraction of sp³-hybridized carbons (Fsp3) is 0.818. The van der Waals surface area contributed by atoms with Crippen molar-refractivity contribution >= 4 is 11.9 Å². The molecule has 2 N–H and O–H groups in total. The molecule has 0 amide bonds. The highest BCUT2D eigenvalue weighted by Crippen LogP contribution is 2.52. The van der Waals surface area contributed by atoms with Crippen molar-refractivity contribution < 1.29 is 19.4 Å². The van der Waals surface area contributed by atoms with E-state index in [1.54, 1.807) is 0 Å². The Balaban J connectivity index is 2.02. The van der Waals surface area contributed by atoms with Gasteiger partial charge in [0.1, 0.15) is 17.2 Å². The number of hydrogen-bond donors (Lipinski definition) is 2. The summed E-state index contributed by atoms with van der Waals surface area (Å²) in [7, 11) is 0. The number of hydrogen-bond acceptors (Lipinski definition) is 4. The Morgan fingerprint density at radius 1 is 1.44 bits per heavy atom. The number of fused-ring (bicyclic) bond motifs is 1. The van der Waals surface area contributed by atoms with Crippen LogP contribution >= 0.6 is 0 Å². The molecule has 0 aromatic carbocycles. The molecule has 0 radical (unpaired) electrons. The minimum atomic E-state index is -0.893. The smallest absolute Gasteiger partial charge is 0.327 e. The van der Waals surface area contributed by atoms with Gasteiger partial charge < -0.3 is 9.84 Å². The summed E-state index contributed by atoms with van der Waals surface area (Å²) in [6, 6.07) is -0.605. The van der Waals surface area contributed by atoms with Crippen molar-refractivity contribution in [2.45, 2.75) is 50.8 Å². The van der Waals surface area contributed by atoms with Crippen LogP contribution in [0.15, 0.2) is 0 Å². The molecule has 90 valence electrons. The molecule has 1 aliphatic heterocycles. The van der Waals surface area contributed by atoms with Gasteiger partial charge in [-0.1, -0.05) is 0 Å². The predicted octanol–water partition coefficient (Wildman–Crippen LogP) is 0.533. The minimum absolute atomic E-state index is 0.128. The van der Waals surface area contributed by atoms with Crippen LogP contribution in [0.3, 0.4) is 0 Å². The average molecular weight is 227 g/mol. The van der Waals surface area contributed by atoms with Gasteiger partial charge >= 0.3 is 11.9 Å². The second-order valence-corrected chi connectivity index (χ2v) is 5.65. The molecule has 1 saturated heterocycles. The zero-order valence-electron chi connectivity index (χ0n) is 9.74. The van der Waals surface area contributed by atoms with Gasteiger partial charge in [0.15, 0.2) is 0 Å². The van der Waals surface area contributed by atoms with Crippen LogP contribution in [0.25, 0.3) is 0 Å². The Hall–Kier alpha value is -1.10. The van der Waals surface area contributed by atoms with E-state index < -0.39 is 23.2 Å². The second-order valence-electron chi connectivity index (χ2n) is 5.65. The summed E-state index contributed by atoms with van der Waals surface area (Å²) in [5, 5.41) is 11.8. The van der Waals surface area contributed by atoms with E-state index in [9.17, 15) is 9.59 Å². The fourth-order valence-electron chi connectivity index (χ4n) is 2.29. The first-order valence-electron chi connectivity index (χ1n) is 5.48. The van der Waals surface area contributed by atoms with E-state index in [0.717, 1.165) is 0 Å².